The summed E-state index contributed by atoms with van der Waals surface area (Å²) in [4.78, 5) is 6.41. The standard InChI is InChI=1S/C18H21F2N3O/c1-12-7-14(22-17(21)8-12)11-24-16-10-13(9-15(19)18(16)20)3-6-23-4-2-5-23/h7-10H,2-6,11H2,1H3,(H2,21,22). The summed E-state index contributed by atoms with van der Waals surface area (Å²) < 4.78 is 33.2. The summed E-state index contributed by atoms with van der Waals surface area (Å²) in [6.07, 6.45) is 1.88. The monoisotopic (exact) mass is 333 g/mol. The van der Waals surface area contributed by atoms with Crippen molar-refractivity contribution < 1.29 is 13.5 Å². The lowest BCUT2D eigenvalue weighted by molar-refractivity contribution is 0.184. The third kappa shape index (κ3) is 4.00. The number of pyridine rings is 1. The molecule has 4 nitrogen and oxygen atoms in total. The Hall–Kier alpha value is -2.21. The number of aromatic nitrogens is 1. The van der Waals surface area contributed by atoms with Gasteiger partial charge >= 0.3 is 0 Å². The fraction of sp³-hybridized carbons (Fsp3) is 0.389. The molecule has 0 amide bonds. The van der Waals surface area contributed by atoms with Gasteiger partial charge in [-0.05, 0) is 68.2 Å². The van der Waals surface area contributed by atoms with Gasteiger partial charge in [-0.3, -0.25) is 0 Å². The molecule has 1 aromatic heterocycles. The van der Waals surface area contributed by atoms with E-state index in [1.807, 2.05) is 6.92 Å². The van der Waals surface area contributed by atoms with Gasteiger partial charge in [0.2, 0.25) is 5.82 Å². The van der Waals surface area contributed by atoms with E-state index >= 15 is 0 Å². The predicted molar refractivity (Wildman–Crippen MR) is 88.8 cm³/mol. The molecule has 0 aliphatic carbocycles. The van der Waals surface area contributed by atoms with Crippen LogP contribution in [0.25, 0.3) is 0 Å². The van der Waals surface area contributed by atoms with Crippen molar-refractivity contribution in [3.05, 3.63) is 52.7 Å². The van der Waals surface area contributed by atoms with Crippen LogP contribution in [0.4, 0.5) is 14.6 Å². The largest absolute Gasteiger partial charge is 0.484 e. The highest BCUT2D eigenvalue weighted by molar-refractivity contribution is 5.35. The first-order chi connectivity index (χ1) is 11.5. The Kier molecular flexibility index (Phi) is 4.94. The van der Waals surface area contributed by atoms with E-state index in [1.54, 1.807) is 18.2 Å². The molecule has 1 saturated heterocycles. The van der Waals surface area contributed by atoms with Crippen molar-refractivity contribution in [2.45, 2.75) is 26.4 Å². The number of rotatable bonds is 6. The molecule has 0 unspecified atom stereocenters. The zero-order valence-corrected chi connectivity index (χ0v) is 13.7. The van der Waals surface area contributed by atoms with Gasteiger partial charge in [0.1, 0.15) is 12.4 Å². The number of hydrogen-bond acceptors (Lipinski definition) is 4. The second-order valence-electron chi connectivity index (χ2n) is 6.18. The predicted octanol–water partition coefficient (Wildman–Crippen LogP) is 3.08. The number of likely N-dealkylation sites (tertiary alicyclic amines) is 1. The normalized spacial score (nSPS) is 14.5. The number of benzene rings is 1. The van der Waals surface area contributed by atoms with Crippen molar-refractivity contribution in [1.82, 2.24) is 9.88 Å². The number of anilines is 1. The van der Waals surface area contributed by atoms with Crippen molar-refractivity contribution >= 4 is 5.82 Å². The van der Waals surface area contributed by atoms with Crippen molar-refractivity contribution in [2.75, 3.05) is 25.4 Å². The molecule has 1 aliphatic rings. The first-order valence-electron chi connectivity index (χ1n) is 8.07. The van der Waals surface area contributed by atoms with Gasteiger partial charge in [-0.2, -0.15) is 4.39 Å². The summed E-state index contributed by atoms with van der Waals surface area (Å²) in [5, 5.41) is 0. The molecule has 1 aliphatic heterocycles. The van der Waals surface area contributed by atoms with Gasteiger partial charge in [0.15, 0.2) is 11.6 Å². The van der Waals surface area contributed by atoms with E-state index in [0.29, 0.717) is 17.9 Å². The van der Waals surface area contributed by atoms with Crippen LogP contribution in [0.1, 0.15) is 23.2 Å². The topological polar surface area (TPSA) is 51.4 Å². The zero-order valence-electron chi connectivity index (χ0n) is 13.7. The molecule has 2 aromatic rings. The van der Waals surface area contributed by atoms with Crippen LogP contribution >= 0.6 is 0 Å². The van der Waals surface area contributed by atoms with E-state index in [-0.39, 0.29) is 12.4 Å². The lowest BCUT2D eigenvalue weighted by atomic mass is 10.1. The summed E-state index contributed by atoms with van der Waals surface area (Å²) >= 11 is 0. The molecule has 6 heteroatoms. The summed E-state index contributed by atoms with van der Waals surface area (Å²) in [6, 6.07) is 6.35. The van der Waals surface area contributed by atoms with Gasteiger partial charge in [0, 0.05) is 6.54 Å². The smallest absolute Gasteiger partial charge is 0.200 e. The number of ether oxygens (including phenoxy) is 1. The van der Waals surface area contributed by atoms with Crippen molar-refractivity contribution in [1.29, 1.82) is 0 Å². The highest BCUT2D eigenvalue weighted by atomic mass is 19.2. The first kappa shape index (κ1) is 16.6. The van der Waals surface area contributed by atoms with Crippen molar-refractivity contribution in [2.24, 2.45) is 0 Å². The van der Waals surface area contributed by atoms with Crippen LogP contribution in [0.5, 0.6) is 5.75 Å². The van der Waals surface area contributed by atoms with Crippen LogP contribution in [0, 0.1) is 18.6 Å². The highest BCUT2D eigenvalue weighted by Crippen LogP contribution is 2.24. The van der Waals surface area contributed by atoms with Crippen LogP contribution in [-0.4, -0.2) is 29.5 Å². The molecule has 2 heterocycles. The minimum absolute atomic E-state index is 0.0395. The molecule has 1 fully saturated rings. The first-order valence-corrected chi connectivity index (χ1v) is 8.07. The SMILES string of the molecule is Cc1cc(N)nc(COc2cc(CCN3CCC3)cc(F)c2F)c1. The molecular formula is C18H21F2N3O. The van der Waals surface area contributed by atoms with Crippen molar-refractivity contribution in [3.8, 4) is 5.75 Å². The third-order valence-corrected chi connectivity index (χ3v) is 4.14. The maximum absolute atomic E-state index is 14.0. The van der Waals surface area contributed by atoms with E-state index < -0.39 is 11.6 Å². The van der Waals surface area contributed by atoms with E-state index in [2.05, 4.69) is 9.88 Å². The van der Waals surface area contributed by atoms with E-state index in [1.165, 1.54) is 12.5 Å². The molecular weight excluding hydrogens is 312 g/mol. The molecule has 24 heavy (non-hydrogen) atoms. The van der Waals surface area contributed by atoms with Gasteiger partial charge < -0.3 is 15.4 Å². The summed E-state index contributed by atoms with van der Waals surface area (Å²) in [7, 11) is 0. The number of aryl methyl sites for hydroxylation is 1. The van der Waals surface area contributed by atoms with Crippen LogP contribution < -0.4 is 10.5 Å². The Balaban J connectivity index is 1.69. The Morgan fingerprint density at radius 1 is 1.21 bits per heavy atom. The van der Waals surface area contributed by atoms with Crippen LogP contribution in [0.3, 0.4) is 0 Å². The molecule has 3 rings (SSSR count). The number of nitrogens with two attached hydrogens (primary N) is 1. The Labute approximate surface area is 140 Å². The summed E-state index contributed by atoms with van der Waals surface area (Å²) in [5.41, 5.74) is 7.94. The van der Waals surface area contributed by atoms with E-state index in [4.69, 9.17) is 10.5 Å². The number of hydrogen-bond donors (Lipinski definition) is 1. The Morgan fingerprint density at radius 3 is 2.67 bits per heavy atom. The maximum atomic E-state index is 14.0. The van der Waals surface area contributed by atoms with E-state index in [0.717, 1.165) is 30.8 Å². The molecule has 1 aromatic carbocycles. The van der Waals surface area contributed by atoms with Gasteiger partial charge in [-0.15, -0.1) is 0 Å². The lowest BCUT2D eigenvalue weighted by Crippen LogP contribution is -2.38. The molecule has 0 atom stereocenters. The highest BCUT2D eigenvalue weighted by Gasteiger charge is 2.16. The second kappa shape index (κ2) is 7.13. The Morgan fingerprint density at radius 2 is 2.00 bits per heavy atom. The molecule has 128 valence electrons. The summed E-state index contributed by atoms with van der Waals surface area (Å²) in [5.74, 6) is -1.56. The van der Waals surface area contributed by atoms with Gasteiger partial charge in [0.05, 0.1) is 5.69 Å². The van der Waals surface area contributed by atoms with Crippen molar-refractivity contribution in [3.63, 3.8) is 0 Å². The molecule has 0 saturated carbocycles. The molecule has 0 spiro atoms. The molecule has 0 radical (unpaired) electrons. The second-order valence-corrected chi connectivity index (χ2v) is 6.18. The third-order valence-electron chi connectivity index (χ3n) is 4.14. The van der Waals surface area contributed by atoms with E-state index in [9.17, 15) is 8.78 Å². The number of nitrogen functional groups attached to an aromatic ring is 1. The zero-order chi connectivity index (χ0) is 17.1. The van der Waals surface area contributed by atoms with Gasteiger partial charge in [-0.25, -0.2) is 9.37 Å². The number of halogens is 2. The molecule has 0 bridgehead atoms. The van der Waals surface area contributed by atoms with Gasteiger partial charge in [0.25, 0.3) is 0 Å². The minimum atomic E-state index is -0.969. The van der Waals surface area contributed by atoms with Gasteiger partial charge in [-0.1, -0.05) is 0 Å². The van der Waals surface area contributed by atoms with Crippen LogP contribution in [0.2, 0.25) is 0 Å². The maximum Gasteiger partial charge on any atom is 0.200 e. The Bertz CT molecular complexity index is 712. The van der Waals surface area contributed by atoms with Crippen LogP contribution in [-0.2, 0) is 13.0 Å². The fourth-order valence-electron chi connectivity index (χ4n) is 2.75. The average Bonchev–Trinajstić information content (AvgIpc) is 2.46. The minimum Gasteiger partial charge on any atom is -0.484 e. The fourth-order valence-corrected chi connectivity index (χ4v) is 2.75. The summed E-state index contributed by atoms with van der Waals surface area (Å²) in [6.45, 7) is 4.93. The van der Waals surface area contributed by atoms with Crippen LogP contribution in [0.15, 0.2) is 24.3 Å². The lowest BCUT2D eigenvalue weighted by Gasteiger charge is -2.30. The molecule has 2 N–H and O–H groups in total. The quantitative estimate of drug-likeness (QED) is 0.883. The number of nitrogens with zero attached hydrogens (tertiary/aromatic N) is 2. The average molecular weight is 333 g/mol.